The zero-order valence-electron chi connectivity index (χ0n) is 20.8. The van der Waals surface area contributed by atoms with Crippen molar-refractivity contribution in [2.24, 2.45) is 0 Å². The summed E-state index contributed by atoms with van der Waals surface area (Å²) < 4.78 is 18.3. The standard InChI is InChI=1S/C27H28ClN3O6/c1-4-37-22-8-6-17(14-20(22)28)25(32)23-24(19-15-18(35-2)7-9-21(19)36-3)31(27(34)26(23)33)12-5-11-30-13-10-29-16-30/h6-10,13-16,24,32H,4-5,11-12H2,1-3H3. The number of ether oxygens (including phenoxy) is 3. The van der Waals surface area contributed by atoms with Crippen LogP contribution in [0.1, 0.15) is 30.5 Å². The second-order valence-electron chi connectivity index (χ2n) is 8.33. The molecule has 1 aliphatic rings. The molecule has 0 spiro atoms. The average Bonchev–Trinajstić information content (AvgIpc) is 3.51. The van der Waals surface area contributed by atoms with E-state index in [4.69, 9.17) is 25.8 Å². The number of hydrogen-bond donors (Lipinski definition) is 1. The first-order chi connectivity index (χ1) is 17.9. The molecule has 37 heavy (non-hydrogen) atoms. The molecule has 1 fully saturated rings. The molecule has 0 radical (unpaired) electrons. The number of methoxy groups -OCH3 is 2. The van der Waals surface area contributed by atoms with E-state index < -0.39 is 17.7 Å². The number of carbonyl (C=O) groups excluding carboxylic acids is 2. The first-order valence-corrected chi connectivity index (χ1v) is 12.2. The van der Waals surface area contributed by atoms with Crippen LogP contribution in [0.4, 0.5) is 0 Å². The van der Waals surface area contributed by atoms with Gasteiger partial charge in [0.15, 0.2) is 0 Å². The number of amides is 1. The lowest BCUT2D eigenvalue weighted by Crippen LogP contribution is -2.31. The molecular weight excluding hydrogens is 498 g/mol. The molecule has 1 saturated heterocycles. The predicted molar refractivity (Wildman–Crippen MR) is 138 cm³/mol. The van der Waals surface area contributed by atoms with Crippen LogP contribution >= 0.6 is 11.6 Å². The number of carbonyl (C=O) groups is 2. The Balaban J connectivity index is 1.81. The lowest BCUT2D eigenvalue weighted by Gasteiger charge is -2.27. The molecule has 1 aliphatic heterocycles. The van der Waals surface area contributed by atoms with Crippen molar-refractivity contribution in [3.05, 3.63) is 76.8 Å². The minimum absolute atomic E-state index is 0.0561. The highest BCUT2D eigenvalue weighted by molar-refractivity contribution is 6.46. The summed E-state index contributed by atoms with van der Waals surface area (Å²) in [4.78, 5) is 32.1. The smallest absolute Gasteiger partial charge is 0.295 e. The number of Topliss-reactive ketones (excluding diaryl/α,β-unsaturated/α-hetero) is 1. The third-order valence-electron chi connectivity index (χ3n) is 6.15. The summed E-state index contributed by atoms with van der Waals surface area (Å²) in [5, 5.41) is 11.6. The van der Waals surface area contributed by atoms with Gasteiger partial charge in [0, 0.05) is 36.6 Å². The number of likely N-dealkylation sites (tertiary alicyclic amines) is 1. The van der Waals surface area contributed by atoms with Crippen LogP contribution in [-0.2, 0) is 16.1 Å². The third kappa shape index (κ3) is 5.27. The summed E-state index contributed by atoms with van der Waals surface area (Å²) in [7, 11) is 3.03. The maximum atomic E-state index is 13.4. The van der Waals surface area contributed by atoms with Crippen LogP contribution in [0.2, 0.25) is 5.02 Å². The second kappa shape index (κ2) is 11.4. The van der Waals surface area contributed by atoms with E-state index in [1.165, 1.54) is 25.2 Å². The summed E-state index contributed by atoms with van der Waals surface area (Å²) in [6.07, 6.45) is 5.75. The Hall–Kier alpha value is -3.98. The Labute approximate surface area is 219 Å². The molecule has 2 heterocycles. The maximum absolute atomic E-state index is 13.4. The van der Waals surface area contributed by atoms with Gasteiger partial charge in [0.25, 0.3) is 11.7 Å². The number of aliphatic hydroxyl groups is 1. The first-order valence-electron chi connectivity index (χ1n) is 11.8. The van der Waals surface area contributed by atoms with E-state index in [9.17, 15) is 14.7 Å². The molecule has 1 N–H and O–H groups in total. The summed E-state index contributed by atoms with van der Waals surface area (Å²) in [6.45, 7) is 3.11. The highest BCUT2D eigenvalue weighted by Crippen LogP contribution is 2.44. The monoisotopic (exact) mass is 525 g/mol. The molecule has 1 aromatic heterocycles. The number of nitrogens with zero attached hydrogens (tertiary/aromatic N) is 3. The van der Waals surface area contributed by atoms with Crippen molar-refractivity contribution in [3.8, 4) is 17.2 Å². The number of ketones is 1. The van der Waals surface area contributed by atoms with E-state index in [0.717, 1.165) is 0 Å². The van der Waals surface area contributed by atoms with Crippen molar-refractivity contribution in [2.45, 2.75) is 25.9 Å². The highest BCUT2D eigenvalue weighted by Gasteiger charge is 2.47. The van der Waals surface area contributed by atoms with Crippen molar-refractivity contribution in [3.63, 3.8) is 0 Å². The zero-order valence-corrected chi connectivity index (χ0v) is 21.6. The predicted octanol–water partition coefficient (Wildman–Crippen LogP) is 4.46. The van der Waals surface area contributed by atoms with Gasteiger partial charge in [0.1, 0.15) is 23.0 Å². The fourth-order valence-electron chi connectivity index (χ4n) is 4.41. The summed E-state index contributed by atoms with van der Waals surface area (Å²) in [5.41, 5.74) is 0.749. The molecule has 4 rings (SSSR count). The van der Waals surface area contributed by atoms with Gasteiger partial charge < -0.3 is 28.8 Å². The molecule has 0 saturated carbocycles. The first kappa shape index (κ1) is 26.1. The molecule has 1 unspecified atom stereocenters. The second-order valence-corrected chi connectivity index (χ2v) is 8.74. The fourth-order valence-corrected chi connectivity index (χ4v) is 4.64. The van der Waals surface area contributed by atoms with Gasteiger partial charge in [-0.2, -0.15) is 0 Å². The van der Waals surface area contributed by atoms with Crippen LogP contribution in [0.25, 0.3) is 5.76 Å². The van der Waals surface area contributed by atoms with Crippen molar-refractivity contribution >= 4 is 29.1 Å². The fraction of sp³-hybridized carbons (Fsp3) is 0.296. The van der Waals surface area contributed by atoms with Gasteiger partial charge in [-0.05, 0) is 49.7 Å². The topological polar surface area (TPSA) is 103 Å². The molecular formula is C27H28ClN3O6. The molecule has 0 aliphatic carbocycles. The molecule has 1 amide bonds. The zero-order chi connectivity index (χ0) is 26.5. The quantitative estimate of drug-likeness (QED) is 0.237. The van der Waals surface area contributed by atoms with Crippen molar-refractivity contribution in [1.29, 1.82) is 0 Å². The maximum Gasteiger partial charge on any atom is 0.295 e. The number of benzene rings is 2. The number of aliphatic hydroxyl groups excluding tert-OH is 1. The molecule has 10 heteroatoms. The SMILES string of the molecule is CCOc1ccc(C(O)=C2C(=O)C(=O)N(CCCn3ccnc3)C2c2cc(OC)ccc2OC)cc1Cl. The Kier molecular flexibility index (Phi) is 8.03. The molecule has 194 valence electrons. The van der Waals surface area contributed by atoms with Crippen molar-refractivity contribution in [2.75, 3.05) is 27.4 Å². The minimum atomic E-state index is -0.904. The van der Waals surface area contributed by atoms with Crippen molar-refractivity contribution in [1.82, 2.24) is 14.5 Å². The van der Waals surface area contributed by atoms with E-state index >= 15 is 0 Å². The van der Waals surface area contributed by atoms with E-state index in [0.29, 0.717) is 42.4 Å². The number of aryl methyl sites for hydroxylation is 1. The van der Waals surface area contributed by atoms with Crippen LogP contribution in [-0.4, -0.2) is 58.6 Å². The number of halogens is 1. The highest BCUT2D eigenvalue weighted by atomic mass is 35.5. The lowest BCUT2D eigenvalue weighted by atomic mass is 9.94. The van der Waals surface area contributed by atoms with Crippen molar-refractivity contribution < 1.29 is 28.9 Å². The molecule has 9 nitrogen and oxygen atoms in total. The van der Waals surface area contributed by atoms with E-state index in [2.05, 4.69) is 4.98 Å². The van der Waals surface area contributed by atoms with E-state index in [-0.39, 0.29) is 28.5 Å². The molecule has 3 aromatic rings. The average molecular weight is 526 g/mol. The number of hydrogen-bond acceptors (Lipinski definition) is 7. The van der Waals surface area contributed by atoms with Gasteiger partial charge in [0.2, 0.25) is 0 Å². The Bertz CT molecular complexity index is 1320. The van der Waals surface area contributed by atoms with Crippen LogP contribution < -0.4 is 14.2 Å². The number of rotatable bonds is 10. The van der Waals surface area contributed by atoms with Crippen LogP contribution in [0, 0.1) is 0 Å². The summed E-state index contributed by atoms with van der Waals surface area (Å²) in [5.74, 6) is -0.423. The van der Waals surface area contributed by atoms with Gasteiger partial charge >= 0.3 is 0 Å². The molecule has 0 bridgehead atoms. The van der Waals surface area contributed by atoms with Gasteiger partial charge in [-0.1, -0.05) is 11.6 Å². The van der Waals surface area contributed by atoms with E-state index in [1.54, 1.807) is 42.9 Å². The Morgan fingerprint density at radius 1 is 1.08 bits per heavy atom. The minimum Gasteiger partial charge on any atom is -0.507 e. The van der Waals surface area contributed by atoms with Crippen LogP contribution in [0.5, 0.6) is 17.2 Å². The van der Waals surface area contributed by atoms with Crippen LogP contribution in [0.3, 0.4) is 0 Å². The van der Waals surface area contributed by atoms with Gasteiger partial charge in [-0.15, -0.1) is 0 Å². The summed E-state index contributed by atoms with van der Waals surface area (Å²) in [6, 6.07) is 8.94. The molecule has 2 aromatic carbocycles. The normalized spacial score (nSPS) is 16.8. The largest absolute Gasteiger partial charge is 0.507 e. The summed E-state index contributed by atoms with van der Waals surface area (Å²) >= 11 is 6.35. The van der Waals surface area contributed by atoms with Gasteiger partial charge in [-0.3, -0.25) is 9.59 Å². The number of imidazole rings is 1. The van der Waals surface area contributed by atoms with E-state index in [1.807, 2.05) is 17.7 Å². The lowest BCUT2D eigenvalue weighted by molar-refractivity contribution is -0.140. The Morgan fingerprint density at radius 2 is 1.86 bits per heavy atom. The number of aromatic nitrogens is 2. The third-order valence-corrected chi connectivity index (χ3v) is 6.45. The van der Waals surface area contributed by atoms with Gasteiger partial charge in [-0.25, -0.2) is 4.98 Å². The Morgan fingerprint density at radius 3 is 2.51 bits per heavy atom. The van der Waals surface area contributed by atoms with Crippen LogP contribution in [0.15, 0.2) is 60.7 Å². The molecule has 1 atom stereocenters. The van der Waals surface area contributed by atoms with Gasteiger partial charge in [0.05, 0.1) is 43.8 Å².